The van der Waals surface area contributed by atoms with E-state index in [0.717, 1.165) is 16.6 Å². The van der Waals surface area contributed by atoms with Gasteiger partial charge in [0.1, 0.15) is 0 Å². The minimum Gasteiger partial charge on any atom is -0.478 e. The van der Waals surface area contributed by atoms with Crippen LogP contribution < -0.4 is 5.73 Å². The highest BCUT2D eigenvalue weighted by Gasteiger charge is 2.11. The van der Waals surface area contributed by atoms with Gasteiger partial charge in [0.15, 0.2) is 0 Å². The molecule has 5 heteroatoms. The molecule has 0 radical (unpaired) electrons. The van der Waals surface area contributed by atoms with E-state index in [9.17, 15) is 4.79 Å². The zero-order valence-electron chi connectivity index (χ0n) is 12.5. The quantitative estimate of drug-likeness (QED) is 0.778. The summed E-state index contributed by atoms with van der Waals surface area (Å²) in [6.07, 6.45) is 0. The van der Waals surface area contributed by atoms with Gasteiger partial charge in [0, 0.05) is 0 Å². The summed E-state index contributed by atoms with van der Waals surface area (Å²) in [4.78, 5) is 15.5. The number of hydrogen-bond donors (Lipinski definition) is 2. The van der Waals surface area contributed by atoms with Crippen molar-refractivity contribution in [1.82, 2.24) is 9.55 Å². The summed E-state index contributed by atoms with van der Waals surface area (Å²) in [5.41, 5.74) is 11.3. The lowest BCUT2D eigenvalue weighted by Gasteiger charge is -2.08. The average Bonchev–Trinajstić information content (AvgIpc) is 2.76. The van der Waals surface area contributed by atoms with Crippen molar-refractivity contribution in [2.75, 3.05) is 5.73 Å². The first-order chi connectivity index (χ1) is 10.5. The van der Waals surface area contributed by atoms with Gasteiger partial charge in [-0.25, -0.2) is 9.78 Å². The molecule has 0 fully saturated rings. The lowest BCUT2D eigenvalue weighted by Crippen LogP contribution is -2.06. The van der Waals surface area contributed by atoms with Crippen molar-refractivity contribution in [3.63, 3.8) is 0 Å². The van der Waals surface area contributed by atoms with Crippen LogP contribution in [0.4, 0.5) is 5.95 Å². The summed E-state index contributed by atoms with van der Waals surface area (Å²) in [6.45, 7) is 4.58. The molecular formula is C17H17N3O2. The fraction of sp³-hybridized carbons (Fsp3) is 0.176. The van der Waals surface area contributed by atoms with Crippen LogP contribution in [-0.2, 0) is 6.54 Å². The normalized spacial score (nSPS) is 11.0. The molecule has 22 heavy (non-hydrogen) atoms. The number of nitrogens with zero attached hydrogens (tertiary/aromatic N) is 2. The number of benzene rings is 2. The Morgan fingerprint density at radius 3 is 2.68 bits per heavy atom. The second-order valence-electron chi connectivity index (χ2n) is 5.49. The predicted molar refractivity (Wildman–Crippen MR) is 86.1 cm³/mol. The van der Waals surface area contributed by atoms with Crippen LogP contribution >= 0.6 is 0 Å². The van der Waals surface area contributed by atoms with E-state index in [4.69, 9.17) is 10.8 Å². The topological polar surface area (TPSA) is 81.1 Å². The molecule has 3 rings (SSSR count). The fourth-order valence-electron chi connectivity index (χ4n) is 2.55. The maximum absolute atomic E-state index is 11.1. The van der Waals surface area contributed by atoms with E-state index in [0.29, 0.717) is 12.5 Å². The molecule has 0 unspecified atom stereocenters. The summed E-state index contributed by atoms with van der Waals surface area (Å²) < 4.78 is 1.91. The molecule has 0 aliphatic rings. The summed E-state index contributed by atoms with van der Waals surface area (Å²) >= 11 is 0. The minimum atomic E-state index is -0.934. The maximum Gasteiger partial charge on any atom is 0.335 e. The Kier molecular flexibility index (Phi) is 3.33. The highest BCUT2D eigenvalue weighted by Crippen LogP contribution is 2.23. The standard InChI is InChI=1S/C17H17N3O2/c1-10-6-14-15(7-11(10)2)20(17(18)19-14)9-12-4-3-5-13(8-12)16(21)22/h3-8H,9H2,1-2H3,(H2,18,19)(H,21,22). The number of aryl methyl sites for hydroxylation is 2. The summed E-state index contributed by atoms with van der Waals surface area (Å²) in [7, 11) is 0. The third-order valence-corrected chi connectivity index (χ3v) is 3.91. The highest BCUT2D eigenvalue weighted by molar-refractivity contribution is 5.87. The van der Waals surface area contributed by atoms with E-state index in [1.165, 1.54) is 11.1 Å². The smallest absolute Gasteiger partial charge is 0.335 e. The maximum atomic E-state index is 11.1. The zero-order valence-corrected chi connectivity index (χ0v) is 12.5. The Balaban J connectivity index is 2.07. The van der Waals surface area contributed by atoms with E-state index in [2.05, 4.69) is 11.1 Å². The van der Waals surface area contributed by atoms with Crippen LogP contribution in [0.15, 0.2) is 36.4 Å². The van der Waals surface area contributed by atoms with E-state index in [-0.39, 0.29) is 5.56 Å². The molecule has 0 aliphatic heterocycles. The number of anilines is 1. The molecule has 0 amide bonds. The second kappa shape index (κ2) is 5.18. The van der Waals surface area contributed by atoms with Crippen molar-refractivity contribution in [3.05, 3.63) is 58.7 Å². The fourth-order valence-corrected chi connectivity index (χ4v) is 2.55. The predicted octanol–water partition coefficient (Wildman–Crippen LogP) is 2.98. The van der Waals surface area contributed by atoms with E-state index < -0.39 is 5.97 Å². The Bertz CT molecular complexity index is 881. The molecule has 112 valence electrons. The molecular weight excluding hydrogens is 278 g/mol. The molecule has 0 atom stereocenters. The van der Waals surface area contributed by atoms with Gasteiger partial charge in [-0.15, -0.1) is 0 Å². The Morgan fingerprint density at radius 2 is 1.95 bits per heavy atom. The summed E-state index contributed by atoms with van der Waals surface area (Å²) in [5, 5.41) is 9.08. The molecule has 0 spiro atoms. The minimum absolute atomic E-state index is 0.271. The number of carbonyl (C=O) groups is 1. The zero-order chi connectivity index (χ0) is 15.9. The van der Waals surface area contributed by atoms with Crippen molar-refractivity contribution in [3.8, 4) is 0 Å². The first-order valence-corrected chi connectivity index (χ1v) is 7.01. The van der Waals surface area contributed by atoms with Gasteiger partial charge in [-0.05, 0) is 54.8 Å². The monoisotopic (exact) mass is 295 g/mol. The third-order valence-electron chi connectivity index (χ3n) is 3.91. The molecule has 1 heterocycles. The second-order valence-corrected chi connectivity index (χ2v) is 5.49. The van der Waals surface area contributed by atoms with Crippen molar-refractivity contribution < 1.29 is 9.90 Å². The molecule has 0 aliphatic carbocycles. The first-order valence-electron chi connectivity index (χ1n) is 7.01. The van der Waals surface area contributed by atoms with Gasteiger partial charge >= 0.3 is 5.97 Å². The molecule has 0 saturated heterocycles. The van der Waals surface area contributed by atoms with Crippen molar-refractivity contribution in [2.24, 2.45) is 0 Å². The molecule has 2 aromatic carbocycles. The number of nitrogens with two attached hydrogens (primary N) is 1. The Labute approximate surface area is 128 Å². The number of carboxylic acid groups (broad SMARTS) is 1. The molecule has 0 bridgehead atoms. The molecule has 0 saturated carbocycles. The van der Waals surface area contributed by atoms with Gasteiger partial charge < -0.3 is 15.4 Å². The number of hydrogen-bond acceptors (Lipinski definition) is 3. The summed E-state index contributed by atoms with van der Waals surface area (Å²) in [5.74, 6) is -0.502. The number of aromatic carboxylic acids is 1. The lowest BCUT2D eigenvalue weighted by atomic mass is 10.1. The molecule has 3 N–H and O–H groups in total. The number of nitrogen functional groups attached to an aromatic ring is 1. The third kappa shape index (κ3) is 2.41. The van der Waals surface area contributed by atoms with Crippen LogP contribution in [0.3, 0.4) is 0 Å². The number of carboxylic acids is 1. The van der Waals surface area contributed by atoms with Gasteiger partial charge in [0.05, 0.1) is 23.1 Å². The summed E-state index contributed by atoms with van der Waals surface area (Å²) in [6, 6.07) is 11.0. The van der Waals surface area contributed by atoms with Gasteiger partial charge in [-0.1, -0.05) is 12.1 Å². The van der Waals surface area contributed by atoms with E-state index in [1.807, 2.05) is 30.5 Å². The average molecular weight is 295 g/mol. The highest BCUT2D eigenvalue weighted by atomic mass is 16.4. The van der Waals surface area contributed by atoms with Crippen molar-refractivity contribution in [2.45, 2.75) is 20.4 Å². The molecule has 5 nitrogen and oxygen atoms in total. The first kappa shape index (κ1) is 14.1. The van der Waals surface area contributed by atoms with E-state index >= 15 is 0 Å². The number of rotatable bonds is 3. The van der Waals surface area contributed by atoms with Crippen LogP contribution in [0, 0.1) is 13.8 Å². The van der Waals surface area contributed by atoms with Crippen LogP contribution in [0.25, 0.3) is 11.0 Å². The van der Waals surface area contributed by atoms with Crippen LogP contribution in [-0.4, -0.2) is 20.6 Å². The molecule has 1 aromatic heterocycles. The van der Waals surface area contributed by atoms with Crippen LogP contribution in [0.2, 0.25) is 0 Å². The van der Waals surface area contributed by atoms with Gasteiger partial charge in [-0.2, -0.15) is 0 Å². The van der Waals surface area contributed by atoms with E-state index in [1.54, 1.807) is 18.2 Å². The number of imidazole rings is 1. The SMILES string of the molecule is Cc1cc2nc(N)n(Cc3cccc(C(=O)O)c3)c2cc1C. The Hall–Kier alpha value is -2.82. The number of aromatic nitrogens is 2. The van der Waals surface area contributed by atoms with Gasteiger partial charge in [-0.3, -0.25) is 0 Å². The van der Waals surface area contributed by atoms with Crippen LogP contribution in [0.1, 0.15) is 27.0 Å². The lowest BCUT2D eigenvalue weighted by molar-refractivity contribution is 0.0696. The van der Waals surface area contributed by atoms with Crippen molar-refractivity contribution >= 4 is 23.0 Å². The largest absolute Gasteiger partial charge is 0.478 e. The Morgan fingerprint density at radius 1 is 1.23 bits per heavy atom. The van der Waals surface area contributed by atoms with Gasteiger partial charge in [0.25, 0.3) is 0 Å². The van der Waals surface area contributed by atoms with Crippen LogP contribution in [0.5, 0.6) is 0 Å². The van der Waals surface area contributed by atoms with Crippen molar-refractivity contribution in [1.29, 1.82) is 0 Å². The molecule has 3 aromatic rings. The number of fused-ring (bicyclic) bond motifs is 1. The van der Waals surface area contributed by atoms with Gasteiger partial charge in [0.2, 0.25) is 5.95 Å².